The van der Waals surface area contributed by atoms with Crippen LogP contribution in [-0.2, 0) is 22.7 Å². The molecule has 0 aliphatic carbocycles. The van der Waals surface area contributed by atoms with Crippen LogP contribution in [0.4, 0.5) is 5.69 Å². The third kappa shape index (κ3) is 5.88. The van der Waals surface area contributed by atoms with E-state index in [9.17, 15) is 9.59 Å². The highest BCUT2D eigenvalue weighted by Gasteiger charge is 2.15. The van der Waals surface area contributed by atoms with E-state index in [1.165, 1.54) is 0 Å². The molecule has 0 bridgehead atoms. The summed E-state index contributed by atoms with van der Waals surface area (Å²) >= 11 is 0. The number of aromatic nitrogens is 2. The maximum atomic E-state index is 12.6. The molecule has 0 aliphatic rings. The highest BCUT2D eigenvalue weighted by molar-refractivity contribution is 5.85. The molecule has 33 heavy (non-hydrogen) atoms. The fraction of sp³-hybridized carbons (Fsp3) is 0.160. The summed E-state index contributed by atoms with van der Waals surface area (Å²) in [5.41, 5.74) is 8.44. The molecule has 168 valence electrons. The average molecular weight is 444 g/mol. The molecular formula is C25H25N5O3. The van der Waals surface area contributed by atoms with Crippen molar-refractivity contribution in [2.75, 3.05) is 11.9 Å². The summed E-state index contributed by atoms with van der Waals surface area (Å²) in [6.07, 6.45) is 0. The Kier molecular flexibility index (Phi) is 6.84. The zero-order valence-electron chi connectivity index (χ0n) is 18.2. The third-order valence-electron chi connectivity index (χ3n) is 4.99. The number of anilines is 1. The highest BCUT2D eigenvalue weighted by Crippen LogP contribution is 2.18. The van der Waals surface area contributed by atoms with Gasteiger partial charge in [-0.15, -0.1) is 0 Å². The molecule has 0 saturated carbocycles. The molecular weight excluding hydrogens is 418 g/mol. The minimum Gasteiger partial charge on any atom is -0.486 e. The van der Waals surface area contributed by atoms with Crippen molar-refractivity contribution in [3.05, 3.63) is 90.3 Å². The van der Waals surface area contributed by atoms with Gasteiger partial charge >= 0.3 is 0 Å². The molecule has 0 aliphatic heterocycles. The van der Waals surface area contributed by atoms with Gasteiger partial charge in [-0.1, -0.05) is 48.0 Å². The molecule has 0 spiro atoms. The molecule has 3 aromatic carbocycles. The summed E-state index contributed by atoms with van der Waals surface area (Å²) in [7, 11) is 0. The van der Waals surface area contributed by atoms with Gasteiger partial charge in [0.15, 0.2) is 0 Å². The first-order valence-electron chi connectivity index (χ1n) is 10.6. The van der Waals surface area contributed by atoms with E-state index in [0.29, 0.717) is 11.6 Å². The van der Waals surface area contributed by atoms with Crippen molar-refractivity contribution in [3.63, 3.8) is 0 Å². The maximum absolute atomic E-state index is 12.6. The maximum Gasteiger partial charge on any atom is 0.258 e. The largest absolute Gasteiger partial charge is 0.486 e. The van der Waals surface area contributed by atoms with E-state index in [0.717, 1.165) is 22.3 Å². The van der Waals surface area contributed by atoms with Gasteiger partial charge in [-0.05, 0) is 43.3 Å². The molecule has 0 saturated heterocycles. The van der Waals surface area contributed by atoms with E-state index in [-0.39, 0.29) is 31.5 Å². The summed E-state index contributed by atoms with van der Waals surface area (Å²) in [6, 6.07) is 24.7. The minimum atomic E-state index is -0.372. The molecule has 1 heterocycles. The lowest BCUT2D eigenvalue weighted by molar-refractivity contribution is -0.128. The van der Waals surface area contributed by atoms with Gasteiger partial charge in [0, 0.05) is 5.69 Å². The predicted octanol–water partition coefficient (Wildman–Crippen LogP) is 3.18. The monoisotopic (exact) mass is 443 g/mol. The van der Waals surface area contributed by atoms with Crippen LogP contribution < -0.4 is 20.9 Å². The summed E-state index contributed by atoms with van der Waals surface area (Å²) in [6.45, 7) is 2.22. The molecule has 8 nitrogen and oxygen atoms in total. The standard InChI is InChI=1S/C25H25N5O3/c1-18-11-13-19(14-12-18)26-15-24(31)28-29-25(32)16-30-22-10-6-5-9-21(22)27-23(30)17-33-20-7-3-2-4-8-20/h2-14,26H,15-17H2,1H3,(H,28,31)(H,29,32). The van der Waals surface area contributed by atoms with Crippen molar-refractivity contribution in [2.24, 2.45) is 0 Å². The molecule has 0 unspecified atom stereocenters. The van der Waals surface area contributed by atoms with Crippen molar-refractivity contribution >= 4 is 28.5 Å². The summed E-state index contributed by atoms with van der Waals surface area (Å²) in [5.74, 6) is 0.603. The molecule has 0 fully saturated rings. The van der Waals surface area contributed by atoms with Crippen molar-refractivity contribution in [1.82, 2.24) is 20.4 Å². The number of hydrogen-bond donors (Lipinski definition) is 3. The number of hydrazine groups is 1. The van der Waals surface area contributed by atoms with Crippen LogP contribution in [-0.4, -0.2) is 27.9 Å². The SMILES string of the molecule is Cc1ccc(NCC(=O)NNC(=O)Cn2c(COc3ccccc3)nc3ccccc32)cc1. The fourth-order valence-electron chi connectivity index (χ4n) is 3.30. The summed E-state index contributed by atoms with van der Waals surface area (Å²) in [5, 5.41) is 3.01. The van der Waals surface area contributed by atoms with Crippen LogP contribution in [0, 0.1) is 6.92 Å². The van der Waals surface area contributed by atoms with Gasteiger partial charge in [0.1, 0.15) is 24.7 Å². The molecule has 4 rings (SSSR count). The average Bonchev–Trinajstić information content (AvgIpc) is 3.19. The predicted molar refractivity (Wildman–Crippen MR) is 126 cm³/mol. The quantitative estimate of drug-likeness (QED) is 0.364. The Bertz CT molecular complexity index is 1240. The van der Waals surface area contributed by atoms with E-state index in [1.807, 2.05) is 85.8 Å². The zero-order valence-corrected chi connectivity index (χ0v) is 18.2. The zero-order chi connectivity index (χ0) is 23.0. The lowest BCUT2D eigenvalue weighted by atomic mass is 10.2. The lowest BCUT2D eigenvalue weighted by Crippen LogP contribution is -2.45. The fourth-order valence-corrected chi connectivity index (χ4v) is 3.30. The van der Waals surface area contributed by atoms with Gasteiger partial charge in [-0.3, -0.25) is 20.4 Å². The number of aryl methyl sites for hydroxylation is 1. The molecule has 4 aromatic rings. The first-order chi connectivity index (χ1) is 16.1. The van der Waals surface area contributed by atoms with E-state index < -0.39 is 0 Å². The Morgan fingerprint density at radius 3 is 2.36 bits per heavy atom. The molecule has 0 atom stereocenters. The Morgan fingerprint density at radius 1 is 0.879 bits per heavy atom. The molecule has 2 amide bonds. The summed E-state index contributed by atoms with van der Waals surface area (Å²) in [4.78, 5) is 29.3. The van der Waals surface area contributed by atoms with Gasteiger partial charge in [-0.25, -0.2) is 4.98 Å². The van der Waals surface area contributed by atoms with Crippen molar-refractivity contribution in [2.45, 2.75) is 20.1 Å². The summed E-state index contributed by atoms with van der Waals surface area (Å²) < 4.78 is 7.61. The second kappa shape index (κ2) is 10.3. The second-order valence-corrected chi connectivity index (χ2v) is 7.52. The number of amides is 2. The number of imidazole rings is 1. The topological polar surface area (TPSA) is 97.3 Å². The molecule has 0 radical (unpaired) electrons. The van der Waals surface area contributed by atoms with E-state index in [4.69, 9.17) is 4.74 Å². The van der Waals surface area contributed by atoms with Gasteiger partial charge in [0.25, 0.3) is 11.8 Å². The Hall–Kier alpha value is -4.33. The second-order valence-electron chi connectivity index (χ2n) is 7.52. The number of carbonyl (C=O) groups excluding carboxylic acids is 2. The van der Waals surface area contributed by atoms with Crippen molar-refractivity contribution in [1.29, 1.82) is 0 Å². The Balaban J connectivity index is 1.35. The highest BCUT2D eigenvalue weighted by atomic mass is 16.5. The number of nitrogens with one attached hydrogen (secondary N) is 3. The third-order valence-corrected chi connectivity index (χ3v) is 4.99. The van der Waals surface area contributed by atoms with Crippen LogP contribution in [0.15, 0.2) is 78.9 Å². The van der Waals surface area contributed by atoms with E-state index in [1.54, 1.807) is 4.57 Å². The van der Waals surface area contributed by atoms with E-state index >= 15 is 0 Å². The van der Waals surface area contributed by atoms with Gasteiger partial charge in [0.05, 0.1) is 17.6 Å². The van der Waals surface area contributed by atoms with Crippen LogP contribution in [0.5, 0.6) is 5.75 Å². The van der Waals surface area contributed by atoms with Crippen molar-refractivity contribution in [3.8, 4) is 5.75 Å². The number of para-hydroxylation sites is 3. The van der Waals surface area contributed by atoms with Crippen LogP contribution in [0.3, 0.4) is 0 Å². The van der Waals surface area contributed by atoms with E-state index in [2.05, 4.69) is 21.2 Å². The number of rotatable bonds is 8. The van der Waals surface area contributed by atoms with Crippen LogP contribution in [0.1, 0.15) is 11.4 Å². The normalized spacial score (nSPS) is 10.6. The molecule has 1 aromatic heterocycles. The van der Waals surface area contributed by atoms with Crippen LogP contribution in [0.2, 0.25) is 0 Å². The number of carbonyl (C=O) groups is 2. The van der Waals surface area contributed by atoms with Crippen molar-refractivity contribution < 1.29 is 14.3 Å². The molecule has 8 heteroatoms. The Morgan fingerprint density at radius 2 is 1.58 bits per heavy atom. The lowest BCUT2D eigenvalue weighted by Gasteiger charge is -2.12. The van der Waals surface area contributed by atoms with Crippen LogP contribution in [0.25, 0.3) is 11.0 Å². The Labute approximate surface area is 191 Å². The molecule has 3 N–H and O–H groups in total. The number of benzene rings is 3. The number of hydrogen-bond acceptors (Lipinski definition) is 5. The first kappa shape index (κ1) is 21.9. The minimum absolute atomic E-state index is 0.0142. The van der Waals surface area contributed by atoms with Gasteiger partial charge in [-0.2, -0.15) is 0 Å². The number of fused-ring (bicyclic) bond motifs is 1. The van der Waals surface area contributed by atoms with Crippen LogP contribution >= 0.6 is 0 Å². The number of ether oxygens (including phenoxy) is 1. The smallest absolute Gasteiger partial charge is 0.258 e. The number of nitrogens with zero attached hydrogens (tertiary/aromatic N) is 2. The van der Waals surface area contributed by atoms with Gasteiger partial charge in [0.2, 0.25) is 0 Å². The first-order valence-corrected chi connectivity index (χ1v) is 10.6. The van der Waals surface area contributed by atoms with Gasteiger partial charge < -0.3 is 14.6 Å².